The van der Waals surface area contributed by atoms with Crippen molar-refractivity contribution in [2.24, 2.45) is 7.05 Å². The zero-order chi connectivity index (χ0) is 12.5. The Bertz CT molecular complexity index is 565. The Kier molecular flexibility index (Phi) is 5.79. The Morgan fingerprint density at radius 1 is 1.20 bits per heavy atom. The van der Waals surface area contributed by atoms with E-state index >= 15 is 0 Å². The number of anilines is 2. The minimum Gasteiger partial charge on any atom is -0.357 e. The number of rotatable bonds is 2. The number of fused-ring (bicyclic) bond motifs is 1. The van der Waals surface area contributed by atoms with Crippen LogP contribution in [0, 0.1) is 0 Å². The summed E-state index contributed by atoms with van der Waals surface area (Å²) in [7, 11) is 3.78. The van der Waals surface area contributed by atoms with E-state index in [0.717, 1.165) is 43.2 Å². The lowest BCUT2D eigenvalue weighted by atomic mass is 10.3. The van der Waals surface area contributed by atoms with E-state index in [1.807, 2.05) is 18.7 Å². The Morgan fingerprint density at radius 3 is 2.55 bits per heavy atom. The van der Waals surface area contributed by atoms with E-state index < -0.39 is 0 Å². The number of nitrogens with zero attached hydrogens (tertiary/aromatic N) is 5. The molecule has 0 saturated carbocycles. The van der Waals surface area contributed by atoms with Crippen molar-refractivity contribution in [3.63, 3.8) is 0 Å². The second kappa shape index (κ2) is 6.92. The zero-order valence-electron chi connectivity index (χ0n) is 11.5. The Hall–Kier alpha value is -1.31. The van der Waals surface area contributed by atoms with Gasteiger partial charge in [-0.15, -0.1) is 24.8 Å². The van der Waals surface area contributed by atoms with E-state index in [1.54, 1.807) is 6.33 Å². The van der Waals surface area contributed by atoms with E-state index in [0.29, 0.717) is 5.95 Å². The van der Waals surface area contributed by atoms with E-state index in [4.69, 9.17) is 0 Å². The van der Waals surface area contributed by atoms with Gasteiger partial charge < -0.3 is 20.1 Å². The lowest BCUT2D eigenvalue weighted by Gasteiger charge is -2.28. The van der Waals surface area contributed by atoms with Crippen LogP contribution in [0.2, 0.25) is 0 Å². The number of imidazole rings is 1. The average Bonchev–Trinajstić information content (AvgIpc) is 2.80. The maximum Gasteiger partial charge on any atom is 0.226 e. The third-order valence-corrected chi connectivity index (χ3v) is 3.18. The molecule has 1 aliphatic rings. The van der Waals surface area contributed by atoms with E-state index in [-0.39, 0.29) is 24.8 Å². The molecule has 112 valence electrons. The van der Waals surface area contributed by atoms with Crippen LogP contribution < -0.4 is 15.5 Å². The lowest BCUT2D eigenvalue weighted by molar-refractivity contribution is 0.586. The maximum atomic E-state index is 4.56. The highest BCUT2D eigenvalue weighted by Crippen LogP contribution is 2.23. The zero-order valence-corrected chi connectivity index (χ0v) is 13.1. The molecule has 2 aromatic heterocycles. The van der Waals surface area contributed by atoms with Crippen molar-refractivity contribution in [2.75, 3.05) is 43.4 Å². The van der Waals surface area contributed by atoms with E-state index in [2.05, 4.69) is 30.5 Å². The van der Waals surface area contributed by atoms with E-state index in [9.17, 15) is 0 Å². The molecule has 20 heavy (non-hydrogen) atoms. The fourth-order valence-corrected chi connectivity index (χ4v) is 2.20. The van der Waals surface area contributed by atoms with Gasteiger partial charge >= 0.3 is 0 Å². The molecule has 1 aliphatic heterocycles. The summed E-state index contributed by atoms with van der Waals surface area (Å²) in [5.41, 5.74) is 1.74. The summed E-state index contributed by atoms with van der Waals surface area (Å²) in [6, 6.07) is 0. The van der Waals surface area contributed by atoms with Crippen molar-refractivity contribution in [3.05, 3.63) is 6.33 Å². The molecule has 3 rings (SSSR count). The summed E-state index contributed by atoms with van der Waals surface area (Å²) >= 11 is 0. The molecule has 2 aromatic rings. The number of halogens is 2. The molecule has 0 aliphatic carbocycles. The first kappa shape index (κ1) is 16.7. The Morgan fingerprint density at radius 2 is 1.90 bits per heavy atom. The van der Waals surface area contributed by atoms with Crippen LogP contribution in [0.15, 0.2) is 6.33 Å². The standard InChI is InChI=1S/C11H17N7.2ClH/c1-12-11-15-9-8(14-7-17(9)2)10(16-11)18-5-3-13-4-6-18;;/h7,13H,3-6H2,1-2H3,(H,12,15,16);2*1H. The molecule has 0 unspecified atom stereocenters. The summed E-state index contributed by atoms with van der Waals surface area (Å²) in [4.78, 5) is 15.7. The second-order valence-electron chi connectivity index (χ2n) is 4.39. The van der Waals surface area contributed by atoms with Gasteiger partial charge in [-0.2, -0.15) is 9.97 Å². The van der Waals surface area contributed by atoms with Gasteiger partial charge in [0.15, 0.2) is 17.0 Å². The first-order chi connectivity index (χ1) is 8.79. The van der Waals surface area contributed by atoms with Crippen LogP contribution in [-0.2, 0) is 7.05 Å². The fourth-order valence-electron chi connectivity index (χ4n) is 2.20. The summed E-state index contributed by atoms with van der Waals surface area (Å²) in [6.07, 6.45) is 1.78. The quantitative estimate of drug-likeness (QED) is 0.847. The van der Waals surface area contributed by atoms with Gasteiger partial charge in [-0.1, -0.05) is 0 Å². The molecule has 0 spiro atoms. The molecule has 7 nitrogen and oxygen atoms in total. The minimum atomic E-state index is 0. The minimum absolute atomic E-state index is 0. The van der Waals surface area contributed by atoms with Crippen molar-refractivity contribution in [3.8, 4) is 0 Å². The predicted octanol–water partition coefficient (Wildman–Crippen LogP) is 0.658. The van der Waals surface area contributed by atoms with Gasteiger partial charge in [0.05, 0.1) is 6.33 Å². The predicted molar refractivity (Wildman–Crippen MR) is 85.4 cm³/mol. The third-order valence-electron chi connectivity index (χ3n) is 3.18. The smallest absolute Gasteiger partial charge is 0.226 e. The molecule has 0 atom stereocenters. The average molecular weight is 320 g/mol. The van der Waals surface area contributed by atoms with Crippen LogP contribution in [0.25, 0.3) is 11.2 Å². The van der Waals surface area contributed by atoms with Crippen molar-refractivity contribution in [1.29, 1.82) is 0 Å². The van der Waals surface area contributed by atoms with Gasteiger partial charge in [0.2, 0.25) is 5.95 Å². The molecule has 3 heterocycles. The van der Waals surface area contributed by atoms with Crippen molar-refractivity contribution < 1.29 is 0 Å². The topological polar surface area (TPSA) is 70.9 Å². The van der Waals surface area contributed by atoms with Crippen LogP contribution in [-0.4, -0.2) is 52.7 Å². The molecule has 0 radical (unpaired) electrons. The highest BCUT2D eigenvalue weighted by molar-refractivity contribution is 5.86. The normalized spacial score (nSPS) is 14.6. The maximum absolute atomic E-state index is 4.56. The number of hydrogen-bond donors (Lipinski definition) is 2. The van der Waals surface area contributed by atoms with Gasteiger partial charge in [-0.3, -0.25) is 0 Å². The summed E-state index contributed by atoms with van der Waals surface area (Å²) < 4.78 is 1.92. The van der Waals surface area contributed by atoms with Crippen molar-refractivity contribution in [1.82, 2.24) is 24.8 Å². The van der Waals surface area contributed by atoms with Crippen LogP contribution in [0.1, 0.15) is 0 Å². The molecular formula is C11H19Cl2N7. The number of aromatic nitrogens is 4. The largest absolute Gasteiger partial charge is 0.357 e. The van der Waals surface area contributed by atoms with Crippen LogP contribution in [0.3, 0.4) is 0 Å². The molecule has 1 fully saturated rings. The fraction of sp³-hybridized carbons (Fsp3) is 0.545. The third kappa shape index (κ3) is 2.89. The first-order valence-electron chi connectivity index (χ1n) is 6.12. The van der Waals surface area contributed by atoms with Gasteiger partial charge in [-0.25, -0.2) is 4.98 Å². The lowest BCUT2D eigenvalue weighted by Crippen LogP contribution is -2.44. The molecule has 2 N–H and O–H groups in total. The highest BCUT2D eigenvalue weighted by Gasteiger charge is 2.18. The van der Waals surface area contributed by atoms with E-state index in [1.165, 1.54) is 0 Å². The second-order valence-corrected chi connectivity index (χ2v) is 4.39. The number of hydrogen-bond acceptors (Lipinski definition) is 6. The summed E-state index contributed by atoms with van der Waals surface area (Å²) in [5.74, 6) is 1.56. The Balaban J connectivity index is 0.000001000. The Labute approximate surface area is 130 Å². The molecular weight excluding hydrogens is 301 g/mol. The van der Waals surface area contributed by atoms with Gasteiger partial charge in [0.1, 0.15) is 0 Å². The molecule has 0 aromatic carbocycles. The van der Waals surface area contributed by atoms with Gasteiger partial charge in [0.25, 0.3) is 0 Å². The van der Waals surface area contributed by atoms with Gasteiger partial charge in [0, 0.05) is 40.3 Å². The molecule has 1 saturated heterocycles. The van der Waals surface area contributed by atoms with Crippen LogP contribution in [0.5, 0.6) is 0 Å². The monoisotopic (exact) mass is 319 g/mol. The molecule has 0 bridgehead atoms. The molecule has 0 amide bonds. The van der Waals surface area contributed by atoms with Crippen molar-refractivity contribution >= 4 is 47.7 Å². The highest BCUT2D eigenvalue weighted by atomic mass is 35.5. The number of nitrogens with one attached hydrogen (secondary N) is 2. The molecule has 9 heteroatoms. The SMILES string of the molecule is CNc1nc(N2CCNCC2)c2ncn(C)c2n1.Cl.Cl. The van der Waals surface area contributed by atoms with Gasteiger partial charge in [-0.05, 0) is 0 Å². The summed E-state index contributed by atoms with van der Waals surface area (Å²) in [6.45, 7) is 3.86. The van der Waals surface area contributed by atoms with Crippen molar-refractivity contribution in [2.45, 2.75) is 0 Å². The summed E-state index contributed by atoms with van der Waals surface area (Å²) in [5, 5.41) is 6.35. The first-order valence-corrected chi connectivity index (χ1v) is 6.12. The number of aryl methyl sites for hydroxylation is 1. The van der Waals surface area contributed by atoms with Crippen LogP contribution in [0.4, 0.5) is 11.8 Å². The van der Waals surface area contributed by atoms with Crippen LogP contribution >= 0.6 is 24.8 Å². The number of piperazine rings is 1.